The zero-order chi connectivity index (χ0) is 13.5. The normalized spacial score (nSPS) is 18.1. The standard InChI is InChI=1S/C14H20N2O2S/c1-2-17-12-7-5-11(6-8-12)16-14(19)15-10-13-4-3-9-18-13/h5-8,13H,2-4,9-10H2,1H3,(H2,15,16,19)/t13-/m0/s1. The van der Waals surface area contributed by atoms with E-state index in [4.69, 9.17) is 21.7 Å². The van der Waals surface area contributed by atoms with Crippen LogP contribution in [0.2, 0.25) is 0 Å². The minimum Gasteiger partial charge on any atom is -0.494 e. The minimum atomic E-state index is 0.292. The van der Waals surface area contributed by atoms with Crippen molar-refractivity contribution in [2.24, 2.45) is 0 Å². The van der Waals surface area contributed by atoms with Crippen LogP contribution in [-0.4, -0.2) is 31.0 Å². The van der Waals surface area contributed by atoms with E-state index in [0.29, 0.717) is 17.8 Å². The van der Waals surface area contributed by atoms with Crippen molar-refractivity contribution in [3.63, 3.8) is 0 Å². The number of anilines is 1. The van der Waals surface area contributed by atoms with Gasteiger partial charge in [0.1, 0.15) is 5.75 Å². The lowest BCUT2D eigenvalue weighted by Crippen LogP contribution is -2.34. The van der Waals surface area contributed by atoms with E-state index in [-0.39, 0.29) is 0 Å². The molecule has 0 aliphatic carbocycles. The second kappa shape index (κ2) is 7.31. The van der Waals surface area contributed by atoms with Gasteiger partial charge in [0.25, 0.3) is 0 Å². The number of hydrogen-bond acceptors (Lipinski definition) is 3. The summed E-state index contributed by atoms with van der Waals surface area (Å²) in [5, 5.41) is 6.95. The molecule has 1 heterocycles. The molecule has 1 atom stereocenters. The number of benzene rings is 1. The van der Waals surface area contributed by atoms with Gasteiger partial charge in [0.15, 0.2) is 5.11 Å². The minimum absolute atomic E-state index is 0.292. The van der Waals surface area contributed by atoms with Crippen LogP contribution in [0.3, 0.4) is 0 Å². The molecule has 0 aromatic heterocycles. The first-order chi connectivity index (χ1) is 9.28. The fourth-order valence-electron chi connectivity index (χ4n) is 1.99. The van der Waals surface area contributed by atoms with Gasteiger partial charge in [-0.2, -0.15) is 0 Å². The molecule has 1 aromatic rings. The largest absolute Gasteiger partial charge is 0.494 e. The van der Waals surface area contributed by atoms with Gasteiger partial charge in [-0.05, 0) is 56.2 Å². The van der Waals surface area contributed by atoms with Crippen molar-refractivity contribution in [2.45, 2.75) is 25.9 Å². The summed E-state index contributed by atoms with van der Waals surface area (Å²) in [7, 11) is 0. The summed E-state index contributed by atoms with van der Waals surface area (Å²) in [5.74, 6) is 0.867. The Labute approximate surface area is 119 Å². The van der Waals surface area contributed by atoms with Crippen LogP contribution in [0.15, 0.2) is 24.3 Å². The Hall–Kier alpha value is -1.33. The van der Waals surface area contributed by atoms with E-state index in [1.54, 1.807) is 0 Å². The topological polar surface area (TPSA) is 42.5 Å². The summed E-state index contributed by atoms with van der Waals surface area (Å²) in [5.41, 5.74) is 0.952. The molecule has 1 aromatic carbocycles. The molecule has 0 unspecified atom stereocenters. The van der Waals surface area contributed by atoms with Crippen molar-refractivity contribution in [3.8, 4) is 5.75 Å². The van der Waals surface area contributed by atoms with Gasteiger partial charge in [0.2, 0.25) is 0 Å². The van der Waals surface area contributed by atoms with Crippen molar-refractivity contribution >= 4 is 23.0 Å². The maximum atomic E-state index is 5.53. The third kappa shape index (κ3) is 4.69. The summed E-state index contributed by atoms with van der Waals surface area (Å²) in [6.45, 7) is 4.28. The SMILES string of the molecule is CCOc1ccc(NC(=S)NC[C@@H]2CCCO2)cc1. The molecule has 2 rings (SSSR count). The van der Waals surface area contributed by atoms with Gasteiger partial charge in [-0.3, -0.25) is 0 Å². The predicted octanol–water partition coefficient (Wildman–Crippen LogP) is 2.55. The Morgan fingerprint density at radius 2 is 2.21 bits per heavy atom. The molecule has 1 fully saturated rings. The summed E-state index contributed by atoms with van der Waals surface area (Å²) < 4.78 is 10.9. The molecule has 19 heavy (non-hydrogen) atoms. The molecular formula is C14H20N2O2S. The first kappa shape index (κ1) is 14.1. The van der Waals surface area contributed by atoms with Crippen LogP contribution in [0.5, 0.6) is 5.75 Å². The fraction of sp³-hybridized carbons (Fsp3) is 0.500. The highest BCUT2D eigenvalue weighted by Gasteiger charge is 2.15. The number of rotatable bonds is 5. The molecule has 0 spiro atoms. The molecule has 2 N–H and O–H groups in total. The Morgan fingerprint density at radius 1 is 1.42 bits per heavy atom. The molecule has 1 aliphatic rings. The fourth-order valence-corrected chi connectivity index (χ4v) is 2.19. The number of ether oxygens (including phenoxy) is 2. The van der Waals surface area contributed by atoms with Crippen molar-refractivity contribution in [1.82, 2.24) is 5.32 Å². The number of hydrogen-bond donors (Lipinski definition) is 2. The zero-order valence-electron chi connectivity index (χ0n) is 11.1. The highest BCUT2D eigenvalue weighted by Crippen LogP contribution is 2.15. The second-order valence-corrected chi connectivity index (χ2v) is 4.84. The predicted molar refractivity (Wildman–Crippen MR) is 80.8 cm³/mol. The summed E-state index contributed by atoms with van der Waals surface area (Å²) in [6, 6.07) is 7.75. The Morgan fingerprint density at radius 3 is 2.84 bits per heavy atom. The third-order valence-corrected chi connectivity index (χ3v) is 3.18. The van der Waals surface area contributed by atoms with Crippen molar-refractivity contribution in [3.05, 3.63) is 24.3 Å². The lowest BCUT2D eigenvalue weighted by Gasteiger charge is -2.14. The maximum Gasteiger partial charge on any atom is 0.170 e. The summed E-state index contributed by atoms with van der Waals surface area (Å²) in [4.78, 5) is 0. The molecule has 104 valence electrons. The first-order valence-corrected chi connectivity index (χ1v) is 7.08. The van der Waals surface area contributed by atoms with Crippen LogP contribution >= 0.6 is 12.2 Å². The van der Waals surface area contributed by atoms with E-state index < -0.39 is 0 Å². The molecule has 0 amide bonds. The van der Waals surface area contributed by atoms with Gasteiger partial charge < -0.3 is 20.1 Å². The number of nitrogens with one attached hydrogen (secondary N) is 2. The Bertz CT molecular complexity index is 402. The Kier molecular flexibility index (Phi) is 5.42. The summed E-state index contributed by atoms with van der Waals surface area (Å²) in [6.07, 6.45) is 2.55. The molecule has 5 heteroatoms. The molecule has 1 saturated heterocycles. The van der Waals surface area contributed by atoms with Crippen LogP contribution < -0.4 is 15.4 Å². The van der Waals surface area contributed by atoms with Crippen LogP contribution in [-0.2, 0) is 4.74 Å². The molecule has 0 saturated carbocycles. The quantitative estimate of drug-likeness (QED) is 0.811. The average molecular weight is 280 g/mol. The first-order valence-electron chi connectivity index (χ1n) is 6.67. The zero-order valence-corrected chi connectivity index (χ0v) is 12.0. The van der Waals surface area contributed by atoms with E-state index in [1.165, 1.54) is 0 Å². The van der Waals surface area contributed by atoms with Gasteiger partial charge in [-0.15, -0.1) is 0 Å². The van der Waals surface area contributed by atoms with E-state index in [0.717, 1.165) is 37.4 Å². The average Bonchev–Trinajstić information content (AvgIpc) is 2.92. The van der Waals surface area contributed by atoms with E-state index >= 15 is 0 Å². The molecule has 0 bridgehead atoms. The second-order valence-electron chi connectivity index (χ2n) is 4.43. The smallest absolute Gasteiger partial charge is 0.170 e. The van der Waals surface area contributed by atoms with Crippen molar-refractivity contribution in [1.29, 1.82) is 0 Å². The van der Waals surface area contributed by atoms with Gasteiger partial charge in [-0.25, -0.2) is 0 Å². The van der Waals surface area contributed by atoms with Gasteiger partial charge in [-0.1, -0.05) is 0 Å². The molecule has 1 aliphatic heterocycles. The van der Waals surface area contributed by atoms with Crippen LogP contribution in [0.1, 0.15) is 19.8 Å². The highest BCUT2D eigenvalue weighted by atomic mass is 32.1. The van der Waals surface area contributed by atoms with E-state index in [1.807, 2.05) is 31.2 Å². The van der Waals surface area contributed by atoms with Crippen LogP contribution in [0.25, 0.3) is 0 Å². The highest BCUT2D eigenvalue weighted by molar-refractivity contribution is 7.80. The maximum absolute atomic E-state index is 5.53. The van der Waals surface area contributed by atoms with Crippen LogP contribution in [0.4, 0.5) is 5.69 Å². The number of thiocarbonyl (C=S) groups is 1. The van der Waals surface area contributed by atoms with Gasteiger partial charge in [0.05, 0.1) is 12.7 Å². The van der Waals surface area contributed by atoms with Gasteiger partial charge in [0, 0.05) is 18.8 Å². The van der Waals surface area contributed by atoms with E-state index in [2.05, 4.69) is 10.6 Å². The van der Waals surface area contributed by atoms with Crippen molar-refractivity contribution in [2.75, 3.05) is 25.1 Å². The molecular weight excluding hydrogens is 260 g/mol. The lowest BCUT2D eigenvalue weighted by molar-refractivity contribution is 0.114. The van der Waals surface area contributed by atoms with Crippen LogP contribution in [0, 0.1) is 0 Å². The summed E-state index contributed by atoms with van der Waals surface area (Å²) >= 11 is 5.25. The molecule has 0 radical (unpaired) electrons. The third-order valence-electron chi connectivity index (χ3n) is 2.94. The van der Waals surface area contributed by atoms with E-state index in [9.17, 15) is 0 Å². The Balaban J connectivity index is 1.74. The molecule has 4 nitrogen and oxygen atoms in total. The van der Waals surface area contributed by atoms with Crippen molar-refractivity contribution < 1.29 is 9.47 Å². The monoisotopic (exact) mass is 280 g/mol. The van der Waals surface area contributed by atoms with Gasteiger partial charge >= 0.3 is 0 Å². The lowest BCUT2D eigenvalue weighted by atomic mass is 10.2.